The Kier molecular flexibility index (Phi) is 6.59. The maximum absolute atomic E-state index is 12.6. The first-order valence-electron chi connectivity index (χ1n) is 11.7. The van der Waals surface area contributed by atoms with Crippen molar-refractivity contribution in [3.05, 3.63) is 64.7 Å². The van der Waals surface area contributed by atoms with Crippen molar-refractivity contribution >= 4 is 39.9 Å². The van der Waals surface area contributed by atoms with E-state index in [0.29, 0.717) is 24.1 Å². The minimum atomic E-state index is -0.421. The number of hydrazone groups is 1. The summed E-state index contributed by atoms with van der Waals surface area (Å²) < 4.78 is 11.6. The molecule has 3 aliphatic heterocycles. The molecular formula is C26H27N5O3S. The van der Waals surface area contributed by atoms with Gasteiger partial charge in [0.05, 0.1) is 5.57 Å². The maximum atomic E-state index is 12.6. The Morgan fingerprint density at radius 3 is 2.31 bits per heavy atom. The molecule has 3 aliphatic rings. The van der Waals surface area contributed by atoms with Crippen LogP contribution in [0.4, 0.5) is 0 Å². The fourth-order valence-corrected chi connectivity index (χ4v) is 5.13. The number of benzene rings is 2. The molecule has 0 unspecified atom stereocenters. The number of fused-ring (bicyclic) bond motifs is 1. The van der Waals surface area contributed by atoms with Gasteiger partial charge in [-0.05, 0) is 85.5 Å². The fraction of sp³-hybridized carbons (Fsp3) is 0.308. The van der Waals surface area contributed by atoms with Gasteiger partial charge >= 0.3 is 0 Å². The molecule has 5 rings (SSSR count). The molecule has 0 radical (unpaired) electrons. The zero-order valence-electron chi connectivity index (χ0n) is 19.8. The predicted molar refractivity (Wildman–Crippen MR) is 139 cm³/mol. The van der Waals surface area contributed by atoms with Crippen LogP contribution < -0.4 is 9.47 Å². The largest absolute Gasteiger partial charge is 0.490 e. The molecule has 1 N–H and O–H groups in total. The van der Waals surface area contributed by atoms with Crippen LogP contribution in [0.3, 0.4) is 0 Å². The maximum Gasteiger partial charge on any atom is 0.283 e. The van der Waals surface area contributed by atoms with Gasteiger partial charge in [0.25, 0.3) is 5.91 Å². The highest BCUT2D eigenvalue weighted by Crippen LogP contribution is 2.31. The summed E-state index contributed by atoms with van der Waals surface area (Å²) in [5, 5.41) is 15.8. The summed E-state index contributed by atoms with van der Waals surface area (Å²) >= 11 is 1.36. The zero-order chi connectivity index (χ0) is 24.4. The van der Waals surface area contributed by atoms with Crippen molar-refractivity contribution in [1.82, 2.24) is 9.91 Å². The van der Waals surface area contributed by atoms with Gasteiger partial charge in [0, 0.05) is 13.1 Å². The van der Waals surface area contributed by atoms with E-state index in [2.05, 4.69) is 21.1 Å². The van der Waals surface area contributed by atoms with E-state index in [1.54, 1.807) is 6.08 Å². The number of likely N-dealkylation sites (tertiary alicyclic amines) is 1. The summed E-state index contributed by atoms with van der Waals surface area (Å²) in [6.45, 7) is 6.84. The molecule has 3 heterocycles. The molecule has 0 aliphatic carbocycles. The standard InChI is InChI=1S/C26H27N5O3S/c1-17-13-18(2)15-21(14-17)34-12-11-33-20-7-5-19(6-8-20)16-22-23(27)31-25(28-24(22)32)35-26(29-31)30-9-3-4-10-30/h5-8,13-16,27H,3-4,9-12H2,1-2H3/b22-16+,27-23?. The molecule has 0 saturated carbocycles. The zero-order valence-corrected chi connectivity index (χ0v) is 20.6. The second-order valence-corrected chi connectivity index (χ2v) is 9.62. The summed E-state index contributed by atoms with van der Waals surface area (Å²) in [5.74, 6) is 1.17. The molecule has 0 aromatic heterocycles. The number of hydrogen-bond acceptors (Lipinski definition) is 7. The van der Waals surface area contributed by atoms with Crippen LogP contribution in [0.2, 0.25) is 0 Å². The number of hydrogen-bond donors (Lipinski definition) is 1. The average molecular weight is 490 g/mol. The van der Waals surface area contributed by atoms with Gasteiger partial charge in [-0.1, -0.05) is 18.2 Å². The lowest BCUT2D eigenvalue weighted by molar-refractivity contribution is -0.114. The van der Waals surface area contributed by atoms with Crippen LogP contribution in [0.5, 0.6) is 11.5 Å². The molecule has 1 amide bonds. The number of rotatable bonds is 6. The van der Waals surface area contributed by atoms with E-state index in [-0.39, 0.29) is 11.4 Å². The van der Waals surface area contributed by atoms with Gasteiger partial charge < -0.3 is 14.4 Å². The summed E-state index contributed by atoms with van der Waals surface area (Å²) in [7, 11) is 0. The first kappa shape index (κ1) is 23.2. The Morgan fingerprint density at radius 1 is 0.971 bits per heavy atom. The Hall–Kier alpha value is -3.59. The van der Waals surface area contributed by atoms with E-state index >= 15 is 0 Å². The summed E-state index contributed by atoms with van der Waals surface area (Å²) in [4.78, 5) is 19.0. The minimum absolute atomic E-state index is 0.0468. The highest BCUT2D eigenvalue weighted by atomic mass is 32.2. The lowest BCUT2D eigenvalue weighted by Crippen LogP contribution is -2.35. The molecule has 2 aromatic rings. The second-order valence-electron chi connectivity index (χ2n) is 8.69. The smallest absolute Gasteiger partial charge is 0.283 e. The number of thioether (sulfide) groups is 1. The minimum Gasteiger partial charge on any atom is -0.490 e. The molecule has 1 saturated heterocycles. The van der Waals surface area contributed by atoms with Crippen molar-refractivity contribution in [2.24, 2.45) is 10.1 Å². The van der Waals surface area contributed by atoms with Crippen molar-refractivity contribution in [2.45, 2.75) is 26.7 Å². The van der Waals surface area contributed by atoms with E-state index in [4.69, 9.17) is 14.9 Å². The van der Waals surface area contributed by atoms with Gasteiger partial charge in [0.2, 0.25) is 5.17 Å². The van der Waals surface area contributed by atoms with E-state index in [1.807, 2.05) is 50.2 Å². The first-order chi connectivity index (χ1) is 17.0. The van der Waals surface area contributed by atoms with Crippen LogP contribution in [-0.4, -0.2) is 58.3 Å². The highest BCUT2D eigenvalue weighted by Gasteiger charge is 2.37. The number of carbonyl (C=O) groups excluding carboxylic acids is 1. The van der Waals surface area contributed by atoms with Gasteiger partial charge in [0.15, 0.2) is 11.0 Å². The van der Waals surface area contributed by atoms with Crippen LogP contribution in [0.15, 0.2) is 58.1 Å². The summed E-state index contributed by atoms with van der Waals surface area (Å²) in [6.07, 6.45) is 3.94. The number of carbonyl (C=O) groups is 1. The number of nitrogens with one attached hydrogen (secondary N) is 1. The molecule has 0 atom stereocenters. The van der Waals surface area contributed by atoms with Crippen LogP contribution in [-0.2, 0) is 4.79 Å². The number of nitrogens with zero attached hydrogens (tertiary/aromatic N) is 4. The first-order valence-corrected chi connectivity index (χ1v) is 12.5. The van der Waals surface area contributed by atoms with Crippen LogP contribution in [0, 0.1) is 19.3 Å². The highest BCUT2D eigenvalue weighted by molar-refractivity contribution is 8.26. The molecular weight excluding hydrogens is 462 g/mol. The Morgan fingerprint density at radius 2 is 1.63 bits per heavy atom. The van der Waals surface area contributed by atoms with Gasteiger partial charge in [0.1, 0.15) is 24.7 Å². The van der Waals surface area contributed by atoms with Gasteiger partial charge in [-0.25, -0.2) is 0 Å². The Labute approximate surface area is 208 Å². The third-order valence-electron chi connectivity index (χ3n) is 5.83. The lowest BCUT2D eigenvalue weighted by atomic mass is 10.1. The van der Waals surface area contributed by atoms with E-state index in [1.165, 1.54) is 27.9 Å². The molecule has 2 aromatic carbocycles. The molecule has 35 heavy (non-hydrogen) atoms. The van der Waals surface area contributed by atoms with Crippen molar-refractivity contribution in [3.63, 3.8) is 0 Å². The average Bonchev–Trinajstić information content (AvgIpc) is 3.50. The molecule has 1 fully saturated rings. The molecule has 0 bridgehead atoms. The van der Waals surface area contributed by atoms with Crippen molar-refractivity contribution in [1.29, 1.82) is 5.41 Å². The monoisotopic (exact) mass is 489 g/mol. The van der Waals surface area contributed by atoms with E-state index < -0.39 is 5.91 Å². The number of amides is 1. The number of aryl methyl sites for hydroxylation is 2. The van der Waals surface area contributed by atoms with E-state index in [9.17, 15) is 4.79 Å². The van der Waals surface area contributed by atoms with Gasteiger partial charge in [-0.15, -0.1) is 5.10 Å². The Balaban J connectivity index is 1.19. The quantitative estimate of drug-likeness (QED) is 0.477. The summed E-state index contributed by atoms with van der Waals surface area (Å²) in [6, 6.07) is 13.5. The van der Waals surface area contributed by atoms with Crippen molar-refractivity contribution < 1.29 is 14.3 Å². The van der Waals surface area contributed by atoms with E-state index in [0.717, 1.165) is 42.4 Å². The molecule has 9 heteroatoms. The number of aliphatic imine (C=N–C) groups is 1. The third kappa shape index (κ3) is 5.24. The molecule has 8 nitrogen and oxygen atoms in total. The van der Waals surface area contributed by atoms with Crippen molar-refractivity contribution in [3.8, 4) is 11.5 Å². The predicted octanol–water partition coefficient (Wildman–Crippen LogP) is 4.43. The summed E-state index contributed by atoms with van der Waals surface area (Å²) in [5.41, 5.74) is 3.33. The number of ether oxygens (including phenoxy) is 2. The van der Waals surface area contributed by atoms with Gasteiger partial charge in [-0.3, -0.25) is 10.2 Å². The van der Waals surface area contributed by atoms with Crippen LogP contribution >= 0.6 is 11.8 Å². The SMILES string of the molecule is Cc1cc(C)cc(OCCOc2ccc(/C=C3\C(=N)N4N=C(N5CCCC5)SC4=NC3=O)cc2)c1. The number of amidine groups is 3. The normalized spacial score (nSPS) is 18.6. The lowest BCUT2D eigenvalue weighted by Gasteiger charge is -2.20. The third-order valence-corrected chi connectivity index (χ3v) is 6.80. The topological polar surface area (TPSA) is 90.6 Å². The Bertz CT molecular complexity index is 1230. The van der Waals surface area contributed by atoms with Crippen LogP contribution in [0.1, 0.15) is 29.5 Å². The van der Waals surface area contributed by atoms with Crippen LogP contribution in [0.25, 0.3) is 6.08 Å². The fourth-order valence-electron chi connectivity index (χ4n) is 4.18. The molecule has 0 spiro atoms. The second kappa shape index (κ2) is 9.95. The van der Waals surface area contributed by atoms with Crippen molar-refractivity contribution in [2.75, 3.05) is 26.3 Å². The van der Waals surface area contributed by atoms with Gasteiger partial charge in [-0.2, -0.15) is 10.0 Å². The molecule has 180 valence electrons.